The number of nitrogens with one attached hydrogen (secondary N) is 1. The molecule has 0 radical (unpaired) electrons. The summed E-state index contributed by atoms with van der Waals surface area (Å²) in [6.07, 6.45) is 3.67. The number of rotatable bonds is 6. The summed E-state index contributed by atoms with van der Waals surface area (Å²) < 4.78 is 0. The molecule has 1 amide bonds. The molecule has 6 nitrogen and oxygen atoms in total. The highest BCUT2D eigenvalue weighted by molar-refractivity contribution is 6.30. The zero-order valence-corrected chi connectivity index (χ0v) is 15.7. The van der Waals surface area contributed by atoms with Crippen LogP contribution in [0.3, 0.4) is 0 Å². The molecule has 1 aromatic carbocycles. The number of carbonyl (C=O) groups excluding carboxylic acids is 1. The maximum Gasteiger partial charge on any atom is 0.270 e. The summed E-state index contributed by atoms with van der Waals surface area (Å²) in [5.41, 5.74) is 1.55. The second-order valence-corrected chi connectivity index (χ2v) is 6.74. The van der Waals surface area contributed by atoms with Crippen LogP contribution in [0, 0.1) is 0 Å². The molecule has 3 rings (SSSR count). The topological polar surface area (TPSA) is 61.4 Å². The van der Waals surface area contributed by atoms with Gasteiger partial charge in [0.15, 0.2) is 0 Å². The Labute approximate surface area is 159 Å². The maximum absolute atomic E-state index is 12.2. The molecule has 1 fully saturated rings. The minimum Gasteiger partial charge on any atom is -0.368 e. The lowest BCUT2D eigenvalue weighted by atomic mass is 10.2. The van der Waals surface area contributed by atoms with Crippen molar-refractivity contribution < 1.29 is 4.79 Å². The number of unbranched alkanes of at least 4 members (excludes halogenated alkanes) is 1. The summed E-state index contributed by atoms with van der Waals surface area (Å²) in [5.74, 6) is 0.471. The largest absolute Gasteiger partial charge is 0.368 e. The van der Waals surface area contributed by atoms with E-state index in [2.05, 4.69) is 38.1 Å². The number of hydrogen-bond donors (Lipinski definition) is 1. The van der Waals surface area contributed by atoms with Gasteiger partial charge in [-0.05, 0) is 30.7 Å². The molecule has 1 N–H and O–H groups in total. The van der Waals surface area contributed by atoms with E-state index >= 15 is 0 Å². The Morgan fingerprint density at radius 2 is 1.96 bits per heavy atom. The van der Waals surface area contributed by atoms with Crippen molar-refractivity contribution in [3.63, 3.8) is 0 Å². The molecule has 0 unspecified atom stereocenters. The fraction of sp³-hybridized carbons (Fsp3) is 0.421. The lowest BCUT2D eigenvalue weighted by Crippen LogP contribution is -2.47. The van der Waals surface area contributed by atoms with Crippen molar-refractivity contribution in [3.05, 3.63) is 47.2 Å². The van der Waals surface area contributed by atoms with Gasteiger partial charge >= 0.3 is 0 Å². The first kappa shape index (κ1) is 18.5. The van der Waals surface area contributed by atoms with Crippen molar-refractivity contribution in [1.29, 1.82) is 0 Å². The predicted octanol–water partition coefficient (Wildman–Crippen LogP) is 2.99. The molecule has 1 aromatic heterocycles. The molecule has 26 heavy (non-hydrogen) atoms. The molecule has 1 aliphatic heterocycles. The van der Waals surface area contributed by atoms with Crippen LogP contribution in [0.4, 0.5) is 11.6 Å². The van der Waals surface area contributed by atoms with Gasteiger partial charge in [0.2, 0.25) is 5.95 Å². The van der Waals surface area contributed by atoms with E-state index in [1.165, 1.54) is 0 Å². The van der Waals surface area contributed by atoms with Crippen LogP contribution in [-0.4, -0.2) is 48.6 Å². The smallest absolute Gasteiger partial charge is 0.270 e. The first-order valence-electron chi connectivity index (χ1n) is 9.04. The highest BCUT2D eigenvalue weighted by Crippen LogP contribution is 2.21. The lowest BCUT2D eigenvalue weighted by Gasteiger charge is -2.36. The van der Waals surface area contributed by atoms with Crippen LogP contribution in [0.1, 0.15) is 30.3 Å². The second-order valence-electron chi connectivity index (χ2n) is 6.31. The lowest BCUT2D eigenvalue weighted by molar-refractivity contribution is 0.0948. The number of hydrogen-bond acceptors (Lipinski definition) is 5. The Balaban J connectivity index is 1.61. The van der Waals surface area contributed by atoms with E-state index in [9.17, 15) is 4.79 Å². The van der Waals surface area contributed by atoms with E-state index in [1.807, 2.05) is 18.2 Å². The number of carbonyl (C=O) groups is 1. The predicted molar refractivity (Wildman–Crippen MR) is 105 cm³/mol. The molecule has 1 saturated heterocycles. The summed E-state index contributed by atoms with van der Waals surface area (Å²) in [6.45, 7) is 6.08. The molecule has 0 atom stereocenters. The van der Waals surface area contributed by atoms with Crippen LogP contribution < -0.4 is 15.1 Å². The Bertz CT molecular complexity index is 746. The number of halogens is 1. The molecule has 0 aliphatic carbocycles. The minimum absolute atomic E-state index is 0.139. The maximum atomic E-state index is 12.2. The minimum atomic E-state index is -0.139. The number of anilines is 2. The van der Waals surface area contributed by atoms with Crippen LogP contribution in [0.5, 0.6) is 0 Å². The van der Waals surface area contributed by atoms with Gasteiger partial charge in [0, 0.05) is 49.6 Å². The monoisotopic (exact) mass is 373 g/mol. The molecule has 0 spiro atoms. The zero-order chi connectivity index (χ0) is 18.4. The second kappa shape index (κ2) is 8.85. The summed E-state index contributed by atoms with van der Waals surface area (Å²) in [4.78, 5) is 25.4. The third-order valence-electron chi connectivity index (χ3n) is 4.43. The number of amides is 1. The Morgan fingerprint density at radius 3 is 2.69 bits per heavy atom. The van der Waals surface area contributed by atoms with Gasteiger partial charge in [0.05, 0.1) is 0 Å². The van der Waals surface area contributed by atoms with E-state index in [1.54, 1.807) is 12.3 Å². The standard InChI is InChI=1S/C19H24ClN5O/c1-2-3-8-21-18(26)17-7-9-22-19(23-17)25-12-10-24(11-13-25)16-6-4-5-15(20)14-16/h4-7,9,14H,2-3,8,10-13H2,1H3,(H,21,26). The van der Waals surface area contributed by atoms with Crippen LogP contribution in [0.15, 0.2) is 36.5 Å². The van der Waals surface area contributed by atoms with E-state index in [0.29, 0.717) is 18.2 Å². The van der Waals surface area contributed by atoms with Crippen LogP contribution >= 0.6 is 11.6 Å². The van der Waals surface area contributed by atoms with Gasteiger partial charge in [0.25, 0.3) is 5.91 Å². The third kappa shape index (κ3) is 4.64. The van der Waals surface area contributed by atoms with Gasteiger partial charge < -0.3 is 15.1 Å². The summed E-state index contributed by atoms with van der Waals surface area (Å²) in [5, 5.41) is 3.64. The Kier molecular flexibility index (Phi) is 6.28. The highest BCUT2D eigenvalue weighted by atomic mass is 35.5. The van der Waals surface area contributed by atoms with Crippen molar-refractivity contribution in [3.8, 4) is 0 Å². The highest BCUT2D eigenvalue weighted by Gasteiger charge is 2.20. The van der Waals surface area contributed by atoms with E-state index < -0.39 is 0 Å². The third-order valence-corrected chi connectivity index (χ3v) is 4.66. The Hall–Kier alpha value is -2.34. The van der Waals surface area contributed by atoms with Gasteiger partial charge in [-0.2, -0.15) is 0 Å². The molecule has 1 aliphatic rings. The molecule has 0 bridgehead atoms. The first-order chi connectivity index (χ1) is 12.7. The van der Waals surface area contributed by atoms with Crippen molar-refractivity contribution in [1.82, 2.24) is 15.3 Å². The van der Waals surface area contributed by atoms with E-state index in [4.69, 9.17) is 11.6 Å². The molecule has 0 saturated carbocycles. The summed E-state index contributed by atoms with van der Waals surface area (Å²) in [6, 6.07) is 9.56. The molecular formula is C19H24ClN5O. The summed E-state index contributed by atoms with van der Waals surface area (Å²) >= 11 is 6.09. The number of aromatic nitrogens is 2. The molecule has 2 heterocycles. The SMILES string of the molecule is CCCCNC(=O)c1ccnc(N2CCN(c3cccc(Cl)c3)CC2)n1. The van der Waals surface area contributed by atoms with Gasteiger partial charge in [-0.15, -0.1) is 0 Å². The van der Waals surface area contributed by atoms with Crippen molar-refractivity contribution >= 4 is 29.1 Å². The zero-order valence-electron chi connectivity index (χ0n) is 15.0. The molecule has 138 valence electrons. The van der Waals surface area contributed by atoms with E-state index in [-0.39, 0.29) is 5.91 Å². The van der Waals surface area contributed by atoms with Crippen LogP contribution in [0.25, 0.3) is 0 Å². The van der Waals surface area contributed by atoms with Crippen molar-refractivity contribution in [2.24, 2.45) is 0 Å². The molecule has 2 aromatic rings. The normalized spacial score (nSPS) is 14.4. The quantitative estimate of drug-likeness (QED) is 0.789. The summed E-state index contributed by atoms with van der Waals surface area (Å²) in [7, 11) is 0. The number of benzene rings is 1. The van der Waals surface area contributed by atoms with Crippen molar-refractivity contribution in [2.75, 3.05) is 42.5 Å². The fourth-order valence-electron chi connectivity index (χ4n) is 2.93. The van der Waals surface area contributed by atoms with Gasteiger partial charge in [-0.25, -0.2) is 9.97 Å². The fourth-order valence-corrected chi connectivity index (χ4v) is 3.12. The number of nitrogens with zero attached hydrogens (tertiary/aromatic N) is 4. The average Bonchev–Trinajstić information content (AvgIpc) is 2.68. The van der Waals surface area contributed by atoms with Gasteiger partial charge in [-0.3, -0.25) is 4.79 Å². The number of piperazine rings is 1. The van der Waals surface area contributed by atoms with Gasteiger partial charge in [-0.1, -0.05) is 31.0 Å². The van der Waals surface area contributed by atoms with Crippen LogP contribution in [0.2, 0.25) is 5.02 Å². The first-order valence-corrected chi connectivity index (χ1v) is 9.42. The van der Waals surface area contributed by atoms with Gasteiger partial charge in [0.1, 0.15) is 5.69 Å². The molecule has 7 heteroatoms. The van der Waals surface area contributed by atoms with E-state index in [0.717, 1.165) is 49.7 Å². The van der Waals surface area contributed by atoms with Crippen LogP contribution in [-0.2, 0) is 0 Å². The van der Waals surface area contributed by atoms with Crippen molar-refractivity contribution in [2.45, 2.75) is 19.8 Å². The Morgan fingerprint density at radius 1 is 1.19 bits per heavy atom. The average molecular weight is 374 g/mol. The molecular weight excluding hydrogens is 350 g/mol.